The summed E-state index contributed by atoms with van der Waals surface area (Å²) in [6, 6.07) is 0.607. The minimum Gasteiger partial charge on any atom is -0.368 e. The Labute approximate surface area is 124 Å². The monoisotopic (exact) mass is 283 g/mol. The molecule has 1 aliphatic heterocycles. The van der Waals surface area contributed by atoms with E-state index in [2.05, 4.69) is 44.8 Å². The third-order valence-corrected chi connectivity index (χ3v) is 4.41. The summed E-state index contributed by atoms with van der Waals surface area (Å²) < 4.78 is 0. The van der Waals surface area contributed by atoms with Crippen molar-refractivity contribution in [3.63, 3.8) is 0 Å². The molecule has 1 amide bonds. The summed E-state index contributed by atoms with van der Waals surface area (Å²) in [6.45, 7) is 15.1. The molecule has 0 bridgehead atoms. The maximum atomic E-state index is 11.8. The van der Waals surface area contributed by atoms with Crippen LogP contribution in [0.4, 0.5) is 0 Å². The SMILES string of the molecule is CC(C)NC(C)(CC(C)N1CCCC(C)(C)C1)C(N)=O. The smallest absolute Gasteiger partial charge is 0.237 e. The quantitative estimate of drug-likeness (QED) is 0.785. The zero-order valence-corrected chi connectivity index (χ0v) is 14.1. The maximum absolute atomic E-state index is 11.8. The van der Waals surface area contributed by atoms with Crippen LogP contribution in [-0.4, -0.2) is 41.5 Å². The highest BCUT2D eigenvalue weighted by atomic mass is 16.1. The van der Waals surface area contributed by atoms with Crippen molar-refractivity contribution < 1.29 is 4.79 Å². The van der Waals surface area contributed by atoms with Crippen molar-refractivity contribution in [3.8, 4) is 0 Å². The van der Waals surface area contributed by atoms with Crippen LogP contribution in [0.1, 0.15) is 60.8 Å². The molecule has 0 radical (unpaired) electrons. The first-order chi connectivity index (χ1) is 9.06. The summed E-state index contributed by atoms with van der Waals surface area (Å²) in [5, 5.41) is 3.35. The number of hydrogen-bond acceptors (Lipinski definition) is 3. The van der Waals surface area contributed by atoms with E-state index in [-0.39, 0.29) is 11.9 Å². The normalized spacial score (nSPS) is 24.4. The number of rotatable bonds is 6. The zero-order chi connectivity index (χ0) is 15.6. The van der Waals surface area contributed by atoms with E-state index in [1.54, 1.807) is 0 Å². The molecule has 4 heteroatoms. The lowest BCUT2D eigenvalue weighted by Crippen LogP contribution is -2.59. The second-order valence-electron chi connectivity index (χ2n) is 7.79. The van der Waals surface area contributed by atoms with Gasteiger partial charge in [-0.2, -0.15) is 0 Å². The van der Waals surface area contributed by atoms with E-state index in [4.69, 9.17) is 5.73 Å². The summed E-state index contributed by atoms with van der Waals surface area (Å²) in [7, 11) is 0. The number of primary amides is 1. The molecule has 0 saturated carbocycles. The van der Waals surface area contributed by atoms with Crippen molar-refractivity contribution in [2.45, 2.75) is 78.4 Å². The van der Waals surface area contributed by atoms with Crippen molar-refractivity contribution in [3.05, 3.63) is 0 Å². The standard InChI is InChI=1S/C16H33N3O/c1-12(2)18-16(6,14(17)20)10-13(3)19-9-7-8-15(4,5)11-19/h12-13,18H,7-11H2,1-6H3,(H2,17,20). The van der Waals surface area contributed by atoms with Gasteiger partial charge in [0.1, 0.15) is 0 Å². The number of piperidine rings is 1. The molecule has 1 fully saturated rings. The molecule has 0 aromatic heterocycles. The van der Waals surface area contributed by atoms with Crippen LogP contribution in [0.5, 0.6) is 0 Å². The highest BCUT2D eigenvalue weighted by Gasteiger charge is 2.36. The van der Waals surface area contributed by atoms with Gasteiger partial charge in [0, 0.05) is 18.6 Å². The number of hydrogen-bond donors (Lipinski definition) is 2. The number of nitrogens with two attached hydrogens (primary N) is 1. The first-order valence-electron chi connectivity index (χ1n) is 7.87. The van der Waals surface area contributed by atoms with Gasteiger partial charge in [-0.1, -0.05) is 13.8 Å². The second kappa shape index (κ2) is 6.44. The Morgan fingerprint density at radius 3 is 2.45 bits per heavy atom. The number of carbonyl (C=O) groups is 1. The molecule has 1 heterocycles. The lowest BCUT2D eigenvalue weighted by molar-refractivity contribution is -0.125. The predicted octanol–water partition coefficient (Wildman–Crippen LogP) is 2.13. The largest absolute Gasteiger partial charge is 0.368 e. The number of nitrogens with one attached hydrogen (secondary N) is 1. The highest BCUT2D eigenvalue weighted by molar-refractivity contribution is 5.84. The van der Waals surface area contributed by atoms with Gasteiger partial charge in [0.25, 0.3) is 0 Å². The fraction of sp³-hybridized carbons (Fsp3) is 0.938. The number of carbonyl (C=O) groups excluding carboxylic acids is 1. The van der Waals surface area contributed by atoms with E-state index < -0.39 is 5.54 Å². The van der Waals surface area contributed by atoms with Gasteiger partial charge in [0.05, 0.1) is 5.54 Å². The first kappa shape index (κ1) is 17.4. The van der Waals surface area contributed by atoms with Gasteiger partial charge in [-0.05, 0) is 58.9 Å². The molecule has 20 heavy (non-hydrogen) atoms. The average molecular weight is 283 g/mol. The molecule has 0 aromatic carbocycles. The van der Waals surface area contributed by atoms with Crippen LogP contribution in [0.15, 0.2) is 0 Å². The van der Waals surface area contributed by atoms with Gasteiger partial charge >= 0.3 is 0 Å². The second-order valence-corrected chi connectivity index (χ2v) is 7.79. The summed E-state index contributed by atoms with van der Waals surface area (Å²) in [5.41, 5.74) is 5.38. The van der Waals surface area contributed by atoms with E-state index in [9.17, 15) is 4.79 Å². The van der Waals surface area contributed by atoms with Gasteiger partial charge in [-0.3, -0.25) is 4.79 Å². The molecule has 1 rings (SSSR count). The fourth-order valence-corrected chi connectivity index (χ4v) is 3.43. The van der Waals surface area contributed by atoms with E-state index in [0.29, 0.717) is 11.5 Å². The molecular weight excluding hydrogens is 250 g/mol. The van der Waals surface area contributed by atoms with Crippen LogP contribution in [0.25, 0.3) is 0 Å². The topological polar surface area (TPSA) is 58.4 Å². The average Bonchev–Trinajstić information content (AvgIpc) is 2.25. The van der Waals surface area contributed by atoms with Crippen LogP contribution >= 0.6 is 0 Å². The minimum absolute atomic E-state index is 0.248. The highest BCUT2D eigenvalue weighted by Crippen LogP contribution is 2.31. The Hall–Kier alpha value is -0.610. The lowest BCUT2D eigenvalue weighted by atomic mass is 9.82. The number of amides is 1. The van der Waals surface area contributed by atoms with Crippen LogP contribution in [0.2, 0.25) is 0 Å². The molecule has 0 aromatic rings. The van der Waals surface area contributed by atoms with Crippen LogP contribution in [0, 0.1) is 5.41 Å². The third kappa shape index (κ3) is 4.74. The molecule has 2 unspecified atom stereocenters. The van der Waals surface area contributed by atoms with E-state index in [1.165, 1.54) is 12.8 Å². The molecular formula is C16H33N3O. The molecule has 3 N–H and O–H groups in total. The summed E-state index contributed by atoms with van der Waals surface area (Å²) >= 11 is 0. The van der Waals surface area contributed by atoms with E-state index in [1.807, 2.05) is 6.92 Å². The predicted molar refractivity (Wildman–Crippen MR) is 84.5 cm³/mol. The van der Waals surface area contributed by atoms with Gasteiger partial charge in [0.15, 0.2) is 0 Å². The maximum Gasteiger partial charge on any atom is 0.237 e. The summed E-state index contributed by atoms with van der Waals surface area (Å²) in [5.74, 6) is -0.255. The molecule has 0 spiro atoms. The van der Waals surface area contributed by atoms with Gasteiger partial charge in [-0.15, -0.1) is 0 Å². The Bertz CT molecular complexity index is 341. The van der Waals surface area contributed by atoms with Crippen LogP contribution in [-0.2, 0) is 4.79 Å². The van der Waals surface area contributed by atoms with Crippen LogP contribution in [0.3, 0.4) is 0 Å². The van der Waals surface area contributed by atoms with E-state index >= 15 is 0 Å². The number of nitrogens with zero attached hydrogens (tertiary/aromatic N) is 1. The van der Waals surface area contributed by atoms with Crippen molar-refractivity contribution >= 4 is 5.91 Å². The minimum atomic E-state index is -0.630. The molecule has 1 saturated heterocycles. The van der Waals surface area contributed by atoms with Crippen molar-refractivity contribution in [2.24, 2.45) is 11.1 Å². The summed E-state index contributed by atoms with van der Waals surface area (Å²) in [6.07, 6.45) is 3.28. The van der Waals surface area contributed by atoms with Crippen molar-refractivity contribution in [1.29, 1.82) is 0 Å². The Balaban J connectivity index is 2.71. The Kier molecular flexibility index (Phi) is 5.61. The lowest BCUT2D eigenvalue weighted by Gasteiger charge is -2.43. The number of likely N-dealkylation sites (tertiary alicyclic amines) is 1. The first-order valence-corrected chi connectivity index (χ1v) is 7.87. The van der Waals surface area contributed by atoms with E-state index in [0.717, 1.165) is 19.5 Å². The van der Waals surface area contributed by atoms with Gasteiger partial charge < -0.3 is 16.0 Å². The van der Waals surface area contributed by atoms with Gasteiger partial charge in [-0.25, -0.2) is 0 Å². The summed E-state index contributed by atoms with van der Waals surface area (Å²) in [4.78, 5) is 14.4. The molecule has 4 nitrogen and oxygen atoms in total. The van der Waals surface area contributed by atoms with Crippen molar-refractivity contribution in [1.82, 2.24) is 10.2 Å². The fourth-order valence-electron chi connectivity index (χ4n) is 3.43. The van der Waals surface area contributed by atoms with Crippen LogP contribution < -0.4 is 11.1 Å². The zero-order valence-electron chi connectivity index (χ0n) is 14.1. The van der Waals surface area contributed by atoms with Crippen molar-refractivity contribution in [2.75, 3.05) is 13.1 Å². The molecule has 0 aliphatic carbocycles. The van der Waals surface area contributed by atoms with Gasteiger partial charge in [0.2, 0.25) is 5.91 Å². The molecule has 2 atom stereocenters. The Morgan fingerprint density at radius 1 is 1.40 bits per heavy atom. The Morgan fingerprint density at radius 2 is 2.00 bits per heavy atom. The molecule has 1 aliphatic rings. The third-order valence-electron chi connectivity index (χ3n) is 4.41. The molecule has 118 valence electrons.